The van der Waals surface area contributed by atoms with Crippen LogP contribution in [0.2, 0.25) is 0 Å². The van der Waals surface area contributed by atoms with Gasteiger partial charge in [0.25, 0.3) is 0 Å². The summed E-state index contributed by atoms with van der Waals surface area (Å²) in [5.74, 6) is 1.77. The molecule has 1 aliphatic rings. The molecule has 1 aliphatic carbocycles. The number of hydrogen-bond acceptors (Lipinski definition) is 5. The van der Waals surface area contributed by atoms with Crippen molar-refractivity contribution >= 4 is 11.6 Å². The Bertz CT molecular complexity index is 567. The van der Waals surface area contributed by atoms with Crippen molar-refractivity contribution in [3.8, 4) is 11.4 Å². The Balaban J connectivity index is 1.84. The number of aliphatic hydroxyl groups is 1. The van der Waals surface area contributed by atoms with Crippen LogP contribution in [0.5, 0.6) is 0 Å². The van der Waals surface area contributed by atoms with Gasteiger partial charge in [-0.05, 0) is 12.8 Å². The van der Waals surface area contributed by atoms with Gasteiger partial charge in [0.2, 0.25) is 0 Å². The van der Waals surface area contributed by atoms with Crippen molar-refractivity contribution in [3.05, 3.63) is 36.4 Å². The first-order valence-corrected chi connectivity index (χ1v) is 6.35. The van der Waals surface area contributed by atoms with Crippen LogP contribution in [-0.2, 0) is 0 Å². The number of aliphatic hydroxyl groups excluding tert-OH is 1. The topological polar surface area (TPSA) is 84.1 Å². The van der Waals surface area contributed by atoms with E-state index in [0.717, 1.165) is 18.4 Å². The van der Waals surface area contributed by atoms with Gasteiger partial charge in [0.1, 0.15) is 11.6 Å². The van der Waals surface area contributed by atoms with Crippen LogP contribution in [0.3, 0.4) is 0 Å². The molecule has 1 aromatic carbocycles. The SMILES string of the molecule is Nc1cc(NC2CC(O)C2)nc(-c2ccccc2)n1. The molecule has 4 N–H and O–H groups in total. The Morgan fingerprint density at radius 3 is 2.58 bits per heavy atom. The number of anilines is 2. The highest BCUT2D eigenvalue weighted by molar-refractivity contribution is 5.60. The number of aromatic nitrogens is 2. The van der Waals surface area contributed by atoms with E-state index in [1.165, 1.54) is 0 Å². The second-order valence-corrected chi connectivity index (χ2v) is 4.83. The first-order chi connectivity index (χ1) is 9.20. The van der Waals surface area contributed by atoms with Crippen LogP contribution in [0.1, 0.15) is 12.8 Å². The molecule has 1 heterocycles. The van der Waals surface area contributed by atoms with Gasteiger partial charge in [-0.1, -0.05) is 30.3 Å². The molecule has 0 saturated heterocycles. The van der Waals surface area contributed by atoms with Gasteiger partial charge in [-0.25, -0.2) is 9.97 Å². The molecule has 0 atom stereocenters. The van der Waals surface area contributed by atoms with Gasteiger partial charge < -0.3 is 16.2 Å². The van der Waals surface area contributed by atoms with Crippen LogP contribution in [0.25, 0.3) is 11.4 Å². The zero-order valence-corrected chi connectivity index (χ0v) is 10.5. The van der Waals surface area contributed by atoms with E-state index in [1.807, 2.05) is 30.3 Å². The summed E-state index contributed by atoms with van der Waals surface area (Å²) in [6, 6.07) is 11.7. The fourth-order valence-corrected chi connectivity index (χ4v) is 2.17. The van der Waals surface area contributed by atoms with E-state index >= 15 is 0 Å². The minimum absolute atomic E-state index is 0.190. The summed E-state index contributed by atoms with van der Waals surface area (Å²) >= 11 is 0. The minimum atomic E-state index is -0.190. The number of hydrogen-bond donors (Lipinski definition) is 3. The normalized spacial score (nSPS) is 21.7. The Morgan fingerprint density at radius 2 is 1.89 bits per heavy atom. The molecule has 19 heavy (non-hydrogen) atoms. The Labute approximate surface area is 111 Å². The van der Waals surface area contributed by atoms with E-state index in [9.17, 15) is 5.11 Å². The average Bonchev–Trinajstić information content (AvgIpc) is 2.37. The van der Waals surface area contributed by atoms with Crippen molar-refractivity contribution in [2.24, 2.45) is 0 Å². The number of nitrogens with one attached hydrogen (secondary N) is 1. The zero-order chi connectivity index (χ0) is 13.2. The molecule has 1 saturated carbocycles. The third-order valence-electron chi connectivity index (χ3n) is 3.24. The summed E-state index contributed by atoms with van der Waals surface area (Å²) in [5.41, 5.74) is 6.76. The maximum atomic E-state index is 9.29. The predicted molar refractivity (Wildman–Crippen MR) is 74.5 cm³/mol. The molecular formula is C14H16N4O. The summed E-state index contributed by atoms with van der Waals surface area (Å²) < 4.78 is 0. The van der Waals surface area contributed by atoms with Crippen molar-refractivity contribution in [2.75, 3.05) is 11.1 Å². The lowest BCUT2D eigenvalue weighted by atomic mass is 9.89. The van der Waals surface area contributed by atoms with Gasteiger partial charge in [0.05, 0.1) is 6.10 Å². The van der Waals surface area contributed by atoms with Crippen LogP contribution >= 0.6 is 0 Å². The fraction of sp³-hybridized carbons (Fsp3) is 0.286. The molecule has 0 unspecified atom stereocenters. The van der Waals surface area contributed by atoms with Gasteiger partial charge in [-0.2, -0.15) is 0 Å². The number of nitrogen functional groups attached to an aromatic ring is 1. The zero-order valence-electron chi connectivity index (χ0n) is 10.5. The Kier molecular flexibility index (Phi) is 3.05. The molecule has 0 amide bonds. The van der Waals surface area contributed by atoms with Crippen molar-refractivity contribution in [2.45, 2.75) is 25.0 Å². The summed E-state index contributed by atoms with van der Waals surface area (Å²) in [6.45, 7) is 0. The monoisotopic (exact) mass is 256 g/mol. The molecule has 0 aliphatic heterocycles. The van der Waals surface area contributed by atoms with Gasteiger partial charge in [-0.15, -0.1) is 0 Å². The highest BCUT2D eigenvalue weighted by Crippen LogP contribution is 2.25. The summed E-state index contributed by atoms with van der Waals surface area (Å²) in [7, 11) is 0. The lowest BCUT2D eigenvalue weighted by Gasteiger charge is -2.32. The van der Waals surface area contributed by atoms with Crippen molar-refractivity contribution in [1.29, 1.82) is 0 Å². The largest absolute Gasteiger partial charge is 0.393 e. The number of nitrogens with two attached hydrogens (primary N) is 1. The van der Waals surface area contributed by atoms with Gasteiger partial charge in [0, 0.05) is 17.7 Å². The van der Waals surface area contributed by atoms with Gasteiger partial charge >= 0.3 is 0 Å². The van der Waals surface area contributed by atoms with Crippen LogP contribution in [0, 0.1) is 0 Å². The van der Waals surface area contributed by atoms with E-state index in [0.29, 0.717) is 17.5 Å². The summed E-state index contributed by atoms with van der Waals surface area (Å²) in [4.78, 5) is 8.71. The first kappa shape index (κ1) is 11.9. The molecule has 98 valence electrons. The van der Waals surface area contributed by atoms with Crippen molar-refractivity contribution in [1.82, 2.24) is 9.97 Å². The van der Waals surface area contributed by atoms with E-state index in [2.05, 4.69) is 15.3 Å². The fourth-order valence-electron chi connectivity index (χ4n) is 2.17. The molecule has 0 bridgehead atoms. The molecule has 0 radical (unpaired) electrons. The smallest absolute Gasteiger partial charge is 0.163 e. The Hall–Kier alpha value is -2.14. The number of rotatable bonds is 3. The predicted octanol–water partition coefficient (Wildman–Crippen LogP) is 1.66. The van der Waals surface area contributed by atoms with Crippen LogP contribution in [0.4, 0.5) is 11.6 Å². The van der Waals surface area contributed by atoms with Gasteiger partial charge in [-0.3, -0.25) is 0 Å². The average molecular weight is 256 g/mol. The summed E-state index contributed by atoms with van der Waals surface area (Å²) in [5, 5.41) is 12.6. The molecule has 5 heteroatoms. The first-order valence-electron chi connectivity index (χ1n) is 6.35. The molecule has 5 nitrogen and oxygen atoms in total. The van der Waals surface area contributed by atoms with Crippen LogP contribution in [0.15, 0.2) is 36.4 Å². The second kappa shape index (κ2) is 4.85. The maximum Gasteiger partial charge on any atom is 0.163 e. The van der Waals surface area contributed by atoms with Crippen LogP contribution in [-0.4, -0.2) is 27.2 Å². The Morgan fingerprint density at radius 1 is 1.16 bits per heavy atom. The van der Waals surface area contributed by atoms with Crippen molar-refractivity contribution < 1.29 is 5.11 Å². The second-order valence-electron chi connectivity index (χ2n) is 4.83. The van der Waals surface area contributed by atoms with E-state index in [4.69, 9.17) is 5.73 Å². The highest BCUT2D eigenvalue weighted by Gasteiger charge is 2.27. The maximum absolute atomic E-state index is 9.29. The molecule has 3 rings (SSSR count). The van der Waals surface area contributed by atoms with Crippen LogP contribution < -0.4 is 11.1 Å². The molecule has 2 aromatic rings. The van der Waals surface area contributed by atoms with E-state index < -0.39 is 0 Å². The standard InChI is InChI=1S/C14H16N4O/c15-12-8-13(16-10-6-11(19)7-10)18-14(17-12)9-4-2-1-3-5-9/h1-5,8,10-11,19H,6-7H2,(H3,15,16,17,18). The van der Waals surface area contributed by atoms with Gasteiger partial charge in [0.15, 0.2) is 5.82 Å². The molecule has 1 aromatic heterocycles. The molecule has 1 fully saturated rings. The molecule has 0 spiro atoms. The van der Waals surface area contributed by atoms with E-state index in [1.54, 1.807) is 6.07 Å². The highest BCUT2D eigenvalue weighted by atomic mass is 16.3. The number of nitrogens with zero attached hydrogens (tertiary/aromatic N) is 2. The van der Waals surface area contributed by atoms with E-state index in [-0.39, 0.29) is 12.1 Å². The third kappa shape index (κ3) is 2.66. The lowest BCUT2D eigenvalue weighted by molar-refractivity contribution is 0.0835. The molecular weight excluding hydrogens is 240 g/mol. The lowest BCUT2D eigenvalue weighted by Crippen LogP contribution is -2.39. The van der Waals surface area contributed by atoms with Crippen molar-refractivity contribution in [3.63, 3.8) is 0 Å². The summed E-state index contributed by atoms with van der Waals surface area (Å²) in [6.07, 6.45) is 1.32. The number of benzene rings is 1. The minimum Gasteiger partial charge on any atom is -0.393 e. The quantitative estimate of drug-likeness (QED) is 0.777. The third-order valence-corrected chi connectivity index (χ3v) is 3.24.